The molecule has 0 amide bonds. The number of rotatable bonds is 8. The first kappa shape index (κ1) is 21.0. The Hall–Kier alpha value is -3.22. The van der Waals surface area contributed by atoms with E-state index in [1.807, 2.05) is 97.9 Å². The highest BCUT2D eigenvalue weighted by atomic mass is 32.2. The first-order chi connectivity index (χ1) is 15.1. The van der Waals surface area contributed by atoms with Crippen molar-refractivity contribution in [1.82, 2.24) is 14.1 Å². The molecule has 0 fully saturated rings. The molecule has 1 aromatic heterocycles. The van der Waals surface area contributed by atoms with Crippen LogP contribution in [0.25, 0.3) is 11.3 Å². The molecule has 3 aromatic carbocycles. The number of hydrogen-bond donors (Lipinski definition) is 0. The second kappa shape index (κ2) is 9.29. The Bertz CT molecular complexity index is 1220. The molecule has 6 heteroatoms. The van der Waals surface area contributed by atoms with Gasteiger partial charge in [-0.25, -0.2) is 8.42 Å². The molecule has 0 aliphatic heterocycles. The fourth-order valence-electron chi connectivity index (χ4n) is 3.53. The predicted molar refractivity (Wildman–Crippen MR) is 123 cm³/mol. The first-order valence-electron chi connectivity index (χ1n) is 10.3. The SMILES string of the molecule is CCN(Cc1ccccc1)S(=O)(=O)c1cn(Cc2ccccc2)nc1-c1ccccc1. The third kappa shape index (κ3) is 4.76. The van der Waals surface area contributed by atoms with Gasteiger partial charge in [-0.15, -0.1) is 0 Å². The summed E-state index contributed by atoms with van der Waals surface area (Å²) in [4.78, 5) is 0.229. The molecule has 5 nitrogen and oxygen atoms in total. The standard InChI is InChI=1S/C25H25N3O2S/c1-2-28(19-22-14-8-4-9-15-22)31(29,30)24-20-27(18-21-12-6-3-7-13-21)26-25(24)23-16-10-5-11-17-23/h3-17,20H,2,18-19H2,1H3. The van der Waals surface area contributed by atoms with Crippen LogP contribution in [0.4, 0.5) is 0 Å². The summed E-state index contributed by atoms with van der Waals surface area (Å²) in [5, 5.41) is 4.68. The number of benzene rings is 3. The van der Waals surface area contributed by atoms with Crippen LogP contribution in [0.1, 0.15) is 18.1 Å². The van der Waals surface area contributed by atoms with Crippen molar-refractivity contribution in [3.63, 3.8) is 0 Å². The van der Waals surface area contributed by atoms with Gasteiger partial charge < -0.3 is 0 Å². The highest BCUT2D eigenvalue weighted by Crippen LogP contribution is 2.29. The maximum atomic E-state index is 13.7. The van der Waals surface area contributed by atoms with E-state index in [0.717, 1.165) is 16.7 Å². The molecule has 0 bridgehead atoms. The summed E-state index contributed by atoms with van der Waals surface area (Å²) in [6.45, 7) is 3.05. The van der Waals surface area contributed by atoms with Crippen LogP contribution in [-0.2, 0) is 23.1 Å². The molecule has 0 radical (unpaired) electrons. The molecule has 0 aliphatic rings. The number of sulfonamides is 1. The van der Waals surface area contributed by atoms with Crippen LogP contribution in [0.15, 0.2) is 102 Å². The van der Waals surface area contributed by atoms with Crippen molar-refractivity contribution in [3.05, 3.63) is 108 Å². The van der Waals surface area contributed by atoms with Crippen LogP contribution in [0.2, 0.25) is 0 Å². The second-order valence-corrected chi connectivity index (χ2v) is 9.21. The van der Waals surface area contributed by atoms with Crippen LogP contribution < -0.4 is 0 Å². The van der Waals surface area contributed by atoms with Gasteiger partial charge in [-0.3, -0.25) is 4.68 Å². The first-order valence-corrected chi connectivity index (χ1v) is 11.7. The molecule has 0 saturated carbocycles. The molecule has 4 rings (SSSR count). The van der Waals surface area contributed by atoms with Crippen molar-refractivity contribution < 1.29 is 8.42 Å². The maximum Gasteiger partial charge on any atom is 0.247 e. The summed E-state index contributed by atoms with van der Waals surface area (Å²) in [5.74, 6) is 0. The minimum atomic E-state index is -3.75. The van der Waals surface area contributed by atoms with Crippen molar-refractivity contribution in [2.24, 2.45) is 0 Å². The van der Waals surface area contributed by atoms with E-state index in [2.05, 4.69) is 5.10 Å². The Kier molecular flexibility index (Phi) is 6.30. The van der Waals surface area contributed by atoms with Gasteiger partial charge in [-0.2, -0.15) is 9.40 Å². The van der Waals surface area contributed by atoms with Crippen molar-refractivity contribution in [3.8, 4) is 11.3 Å². The Morgan fingerprint density at radius 1 is 0.806 bits per heavy atom. The predicted octanol–water partition coefficient (Wildman–Crippen LogP) is 4.81. The number of aromatic nitrogens is 2. The van der Waals surface area contributed by atoms with E-state index in [1.165, 1.54) is 4.31 Å². The second-order valence-electron chi connectivity index (χ2n) is 7.31. The van der Waals surface area contributed by atoms with Crippen molar-refractivity contribution in [2.75, 3.05) is 6.54 Å². The van der Waals surface area contributed by atoms with Crippen molar-refractivity contribution >= 4 is 10.0 Å². The molecular weight excluding hydrogens is 406 g/mol. The zero-order valence-corrected chi connectivity index (χ0v) is 18.2. The zero-order valence-electron chi connectivity index (χ0n) is 17.4. The molecule has 4 aromatic rings. The van der Waals surface area contributed by atoms with Gasteiger partial charge in [-0.05, 0) is 11.1 Å². The molecule has 0 saturated heterocycles. The van der Waals surface area contributed by atoms with Crippen LogP contribution in [0.5, 0.6) is 0 Å². The average molecular weight is 432 g/mol. The normalized spacial score (nSPS) is 11.7. The monoisotopic (exact) mass is 431 g/mol. The smallest absolute Gasteiger partial charge is 0.247 e. The summed E-state index contributed by atoms with van der Waals surface area (Å²) in [6.07, 6.45) is 1.65. The minimum absolute atomic E-state index is 0.229. The van der Waals surface area contributed by atoms with E-state index in [1.54, 1.807) is 10.9 Å². The Labute approximate surface area is 183 Å². The lowest BCUT2D eigenvalue weighted by Crippen LogP contribution is -2.30. The Morgan fingerprint density at radius 3 is 1.94 bits per heavy atom. The highest BCUT2D eigenvalue weighted by molar-refractivity contribution is 7.89. The fourth-order valence-corrected chi connectivity index (χ4v) is 5.13. The molecule has 0 aliphatic carbocycles. The van der Waals surface area contributed by atoms with Gasteiger partial charge in [0.05, 0.1) is 6.54 Å². The quantitative estimate of drug-likeness (QED) is 0.402. The molecule has 0 atom stereocenters. The van der Waals surface area contributed by atoms with Crippen LogP contribution in [0.3, 0.4) is 0 Å². The van der Waals surface area contributed by atoms with Crippen LogP contribution >= 0.6 is 0 Å². The van der Waals surface area contributed by atoms with Gasteiger partial charge in [0.1, 0.15) is 10.6 Å². The molecule has 0 spiro atoms. The van der Waals surface area contributed by atoms with Crippen LogP contribution in [-0.4, -0.2) is 29.0 Å². The number of hydrogen-bond acceptors (Lipinski definition) is 3. The third-order valence-corrected chi connectivity index (χ3v) is 7.06. The zero-order chi connectivity index (χ0) is 21.7. The summed E-state index contributed by atoms with van der Waals surface area (Å²) in [6, 6.07) is 29.0. The molecule has 0 N–H and O–H groups in total. The van der Waals surface area contributed by atoms with Gasteiger partial charge in [0.25, 0.3) is 0 Å². The maximum absolute atomic E-state index is 13.7. The molecular formula is C25H25N3O2S. The molecule has 1 heterocycles. The lowest BCUT2D eigenvalue weighted by atomic mass is 10.2. The van der Waals surface area contributed by atoms with E-state index >= 15 is 0 Å². The Balaban J connectivity index is 1.75. The minimum Gasteiger partial charge on any atom is -0.266 e. The third-order valence-electron chi connectivity index (χ3n) is 5.14. The highest BCUT2D eigenvalue weighted by Gasteiger charge is 2.29. The summed E-state index contributed by atoms with van der Waals surface area (Å²) >= 11 is 0. The Morgan fingerprint density at radius 2 is 1.35 bits per heavy atom. The van der Waals surface area contributed by atoms with E-state index < -0.39 is 10.0 Å². The number of nitrogens with zero attached hydrogens (tertiary/aromatic N) is 3. The van der Waals surface area contributed by atoms with Gasteiger partial charge in [0.15, 0.2) is 0 Å². The largest absolute Gasteiger partial charge is 0.266 e. The van der Waals surface area contributed by atoms with Gasteiger partial charge >= 0.3 is 0 Å². The van der Waals surface area contributed by atoms with Gasteiger partial charge in [0, 0.05) is 24.8 Å². The topological polar surface area (TPSA) is 55.2 Å². The van der Waals surface area contributed by atoms with E-state index in [0.29, 0.717) is 25.3 Å². The van der Waals surface area contributed by atoms with Gasteiger partial charge in [0.2, 0.25) is 10.0 Å². The van der Waals surface area contributed by atoms with E-state index in [4.69, 9.17) is 0 Å². The van der Waals surface area contributed by atoms with Crippen molar-refractivity contribution in [1.29, 1.82) is 0 Å². The van der Waals surface area contributed by atoms with E-state index in [-0.39, 0.29) is 4.90 Å². The summed E-state index contributed by atoms with van der Waals surface area (Å²) in [5.41, 5.74) is 3.27. The van der Waals surface area contributed by atoms with Gasteiger partial charge in [-0.1, -0.05) is 97.9 Å². The van der Waals surface area contributed by atoms with Crippen molar-refractivity contribution in [2.45, 2.75) is 24.9 Å². The summed E-state index contributed by atoms with van der Waals surface area (Å²) in [7, 11) is -3.75. The fraction of sp³-hybridized carbons (Fsp3) is 0.160. The molecule has 31 heavy (non-hydrogen) atoms. The summed E-state index contributed by atoms with van der Waals surface area (Å²) < 4.78 is 30.6. The lowest BCUT2D eigenvalue weighted by Gasteiger charge is -2.20. The average Bonchev–Trinajstić information content (AvgIpc) is 3.24. The van der Waals surface area contributed by atoms with Crippen LogP contribution in [0, 0.1) is 0 Å². The molecule has 158 valence electrons. The molecule has 0 unspecified atom stereocenters. The lowest BCUT2D eigenvalue weighted by molar-refractivity contribution is 0.423. The van der Waals surface area contributed by atoms with E-state index in [9.17, 15) is 8.42 Å².